The van der Waals surface area contributed by atoms with Crippen molar-refractivity contribution >= 4 is 33.5 Å². The quantitative estimate of drug-likeness (QED) is 0.287. The first kappa shape index (κ1) is 24.1. The fourth-order valence-corrected chi connectivity index (χ4v) is 4.73. The number of primary amides is 1. The number of aryl methyl sites for hydroxylation is 1. The van der Waals surface area contributed by atoms with Crippen molar-refractivity contribution in [2.24, 2.45) is 5.73 Å². The monoisotopic (exact) mass is 443 g/mol. The van der Waals surface area contributed by atoms with Gasteiger partial charge in [-0.15, -0.1) is 0 Å². The molecule has 0 aromatic heterocycles. The Kier molecular flexibility index (Phi) is 6.84. The van der Waals surface area contributed by atoms with E-state index in [9.17, 15) is 32.5 Å². The van der Waals surface area contributed by atoms with E-state index in [-0.39, 0.29) is 47.2 Å². The molecule has 0 saturated carbocycles. The molecule has 2 unspecified atom stereocenters. The van der Waals surface area contributed by atoms with Gasteiger partial charge in [-0.25, -0.2) is 8.42 Å². The number of aromatic hydroxyl groups is 1. The van der Waals surface area contributed by atoms with E-state index >= 15 is 0 Å². The molecule has 0 saturated heterocycles. The SMILES string of the molecule is CC(=O)N1c2c(ccc(C)c2O)C(=O)N2C=C(/C=C/C(N)=O)CC2C1S(=O)(=O)[O-].[Na+]. The standard InChI is InChI=1S/C18H19N3O7S.Na/c1-9-3-5-12-15(16(9)24)21(10(2)22)18(29(26,27)28)13-7-11(4-6-14(19)23)8-20(13)17(12)25;/h3-6,8,13,18,24H,7H2,1-2H3,(H2,19,23)(H,26,27,28);/q;+1/p-1/b6-4+;. The molecule has 2 aliphatic rings. The van der Waals surface area contributed by atoms with Gasteiger partial charge in [0.2, 0.25) is 11.8 Å². The molecule has 0 spiro atoms. The van der Waals surface area contributed by atoms with Crippen LogP contribution in [0.3, 0.4) is 0 Å². The van der Waals surface area contributed by atoms with Crippen molar-refractivity contribution in [3.8, 4) is 5.75 Å². The molecular weight excluding hydrogens is 425 g/mol. The first-order valence-electron chi connectivity index (χ1n) is 8.51. The third kappa shape index (κ3) is 4.16. The number of phenols is 1. The van der Waals surface area contributed by atoms with Crippen LogP contribution in [-0.2, 0) is 19.7 Å². The summed E-state index contributed by atoms with van der Waals surface area (Å²) in [5, 5.41) is 8.53. The molecule has 10 nitrogen and oxygen atoms in total. The zero-order valence-electron chi connectivity index (χ0n) is 16.5. The van der Waals surface area contributed by atoms with E-state index in [1.807, 2.05) is 0 Å². The van der Waals surface area contributed by atoms with Crippen molar-refractivity contribution in [3.63, 3.8) is 0 Å². The Bertz CT molecular complexity index is 1100. The molecule has 1 aromatic rings. The molecule has 30 heavy (non-hydrogen) atoms. The van der Waals surface area contributed by atoms with E-state index < -0.39 is 45.0 Å². The molecule has 2 atom stereocenters. The van der Waals surface area contributed by atoms with Gasteiger partial charge < -0.3 is 20.3 Å². The number of phenolic OH excluding ortho intramolecular Hbond substituents is 1. The zero-order valence-corrected chi connectivity index (χ0v) is 19.3. The van der Waals surface area contributed by atoms with Gasteiger partial charge in [0, 0.05) is 19.2 Å². The molecule has 3 rings (SSSR count). The first-order valence-corrected chi connectivity index (χ1v) is 9.98. The summed E-state index contributed by atoms with van der Waals surface area (Å²) in [7, 11) is -5.15. The van der Waals surface area contributed by atoms with Gasteiger partial charge >= 0.3 is 29.6 Å². The zero-order chi connectivity index (χ0) is 21.7. The minimum atomic E-state index is -5.15. The van der Waals surface area contributed by atoms with Gasteiger partial charge in [-0.1, -0.05) is 12.1 Å². The molecule has 2 aliphatic heterocycles. The summed E-state index contributed by atoms with van der Waals surface area (Å²) in [4.78, 5) is 38.2. The average Bonchev–Trinajstić information content (AvgIpc) is 2.98. The van der Waals surface area contributed by atoms with Gasteiger partial charge in [0.15, 0.2) is 0 Å². The van der Waals surface area contributed by atoms with Crippen LogP contribution in [0.2, 0.25) is 0 Å². The van der Waals surface area contributed by atoms with E-state index in [1.165, 1.54) is 31.3 Å². The second-order valence-corrected chi connectivity index (χ2v) is 8.29. The summed E-state index contributed by atoms with van der Waals surface area (Å²) in [6, 6.07) is 1.55. The number of hydrogen-bond acceptors (Lipinski definition) is 7. The Morgan fingerprint density at radius 1 is 1.33 bits per heavy atom. The van der Waals surface area contributed by atoms with E-state index in [2.05, 4.69) is 0 Å². The molecule has 3 amide bonds. The average molecular weight is 443 g/mol. The minimum absolute atomic E-state index is 0. The van der Waals surface area contributed by atoms with Crippen LogP contribution in [0, 0.1) is 6.92 Å². The van der Waals surface area contributed by atoms with Crippen LogP contribution in [0.4, 0.5) is 5.69 Å². The van der Waals surface area contributed by atoms with Crippen LogP contribution in [0.25, 0.3) is 0 Å². The van der Waals surface area contributed by atoms with Crippen LogP contribution in [-0.4, -0.2) is 52.1 Å². The van der Waals surface area contributed by atoms with Gasteiger partial charge in [-0.05, 0) is 30.5 Å². The molecule has 2 heterocycles. The number of nitrogens with zero attached hydrogens (tertiary/aromatic N) is 2. The summed E-state index contributed by atoms with van der Waals surface area (Å²) in [6.07, 6.45) is 3.54. The third-order valence-electron chi connectivity index (χ3n) is 4.85. The first-order chi connectivity index (χ1) is 13.4. The van der Waals surface area contributed by atoms with Crippen LogP contribution in [0.15, 0.2) is 36.1 Å². The summed E-state index contributed by atoms with van der Waals surface area (Å²) in [6.45, 7) is 2.55. The molecule has 0 aliphatic carbocycles. The molecule has 0 radical (unpaired) electrons. The maximum atomic E-state index is 13.1. The second kappa shape index (κ2) is 8.52. The van der Waals surface area contributed by atoms with Crippen LogP contribution in [0.5, 0.6) is 5.75 Å². The second-order valence-electron chi connectivity index (χ2n) is 6.82. The molecule has 1 aromatic carbocycles. The fourth-order valence-electron chi connectivity index (χ4n) is 3.61. The topological polar surface area (TPSA) is 161 Å². The number of nitrogens with two attached hydrogens (primary N) is 1. The molecule has 154 valence electrons. The third-order valence-corrected chi connectivity index (χ3v) is 5.96. The van der Waals surface area contributed by atoms with Crippen LogP contribution >= 0.6 is 0 Å². The van der Waals surface area contributed by atoms with E-state index in [0.717, 1.165) is 17.9 Å². The maximum Gasteiger partial charge on any atom is 1.00 e. The molecule has 0 bridgehead atoms. The molecule has 12 heteroatoms. The van der Waals surface area contributed by atoms with E-state index in [1.54, 1.807) is 0 Å². The summed E-state index contributed by atoms with van der Waals surface area (Å²) in [5.74, 6) is -2.73. The van der Waals surface area contributed by atoms with Crippen molar-refractivity contribution in [1.82, 2.24) is 4.90 Å². The smallest absolute Gasteiger partial charge is 0.746 e. The van der Waals surface area contributed by atoms with E-state index in [0.29, 0.717) is 16.0 Å². The van der Waals surface area contributed by atoms with Crippen molar-refractivity contribution < 1.29 is 62.0 Å². The summed E-state index contributed by atoms with van der Waals surface area (Å²) in [5.41, 5.74) is 5.29. The number of benzene rings is 1. The number of carbonyl (C=O) groups is 3. The van der Waals surface area contributed by atoms with Crippen LogP contribution < -0.4 is 40.2 Å². The number of allylic oxidation sites excluding steroid dienone is 1. The van der Waals surface area contributed by atoms with Crippen molar-refractivity contribution in [1.29, 1.82) is 0 Å². The Labute approximate surface area is 195 Å². The number of amides is 3. The number of carbonyl (C=O) groups excluding carboxylic acids is 3. The van der Waals surface area contributed by atoms with Crippen LogP contribution in [0.1, 0.15) is 29.3 Å². The number of fused-ring (bicyclic) bond motifs is 2. The number of rotatable bonds is 3. The van der Waals surface area contributed by atoms with Gasteiger partial charge in [0.25, 0.3) is 5.91 Å². The molecule has 0 fully saturated rings. The number of anilines is 1. The minimum Gasteiger partial charge on any atom is -0.746 e. The fraction of sp³-hybridized carbons (Fsp3) is 0.278. The Hall–Kier alpha value is -2.18. The predicted octanol–water partition coefficient (Wildman–Crippen LogP) is -2.92. The predicted molar refractivity (Wildman–Crippen MR) is 100 cm³/mol. The van der Waals surface area contributed by atoms with E-state index in [4.69, 9.17) is 5.73 Å². The Morgan fingerprint density at radius 3 is 2.50 bits per heavy atom. The van der Waals surface area contributed by atoms with Gasteiger partial charge in [-0.3, -0.25) is 19.3 Å². The molecular formula is C18H18N3NaO7S. The summed E-state index contributed by atoms with van der Waals surface area (Å²) >= 11 is 0. The van der Waals surface area contributed by atoms with Gasteiger partial charge in [0.05, 0.1) is 11.6 Å². The number of hydrogen-bond donors (Lipinski definition) is 2. The van der Waals surface area contributed by atoms with Crippen molar-refractivity contribution in [2.45, 2.75) is 31.7 Å². The Morgan fingerprint density at radius 2 is 1.97 bits per heavy atom. The van der Waals surface area contributed by atoms with Crippen molar-refractivity contribution in [2.75, 3.05) is 4.90 Å². The largest absolute Gasteiger partial charge is 1.00 e. The van der Waals surface area contributed by atoms with Gasteiger partial charge in [-0.2, -0.15) is 0 Å². The molecule has 3 N–H and O–H groups in total. The van der Waals surface area contributed by atoms with Crippen molar-refractivity contribution in [3.05, 3.63) is 47.2 Å². The maximum absolute atomic E-state index is 13.1. The Balaban J connectivity index is 0.00000320. The summed E-state index contributed by atoms with van der Waals surface area (Å²) < 4.78 is 36.6. The van der Waals surface area contributed by atoms with Gasteiger partial charge in [0.1, 0.15) is 26.9 Å². The normalized spacial score (nSPS) is 20.9.